The number of ether oxygens (including phenoxy) is 3. The molecule has 3 aliphatic heterocycles. The summed E-state index contributed by atoms with van der Waals surface area (Å²) in [5.41, 5.74) is 0.974. The largest absolute Gasteiger partial charge is 0.493 e. The van der Waals surface area contributed by atoms with Crippen LogP contribution in [0.25, 0.3) is 0 Å². The average Bonchev–Trinajstić information content (AvgIpc) is 2.66. The lowest BCUT2D eigenvalue weighted by molar-refractivity contribution is -0.184. The molecule has 0 unspecified atom stereocenters. The second-order valence-corrected chi connectivity index (χ2v) is 9.27. The van der Waals surface area contributed by atoms with Crippen LogP contribution in [-0.2, 0) is 4.74 Å². The molecule has 2 saturated heterocycles. The van der Waals surface area contributed by atoms with Crippen LogP contribution in [0.15, 0.2) is 18.2 Å². The zero-order valence-electron chi connectivity index (χ0n) is 17.7. The molecule has 3 heterocycles. The first kappa shape index (κ1) is 21.7. The van der Waals surface area contributed by atoms with Gasteiger partial charge in [0, 0.05) is 18.0 Å². The van der Waals surface area contributed by atoms with Gasteiger partial charge in [-0.2, -0.15) is 0 Å². The van der Waals surface area contributed by atoms with Crippen molar-refractivity contribution in [1.82, 2.24) is 5.32 Å². The minimum atomic E-state index is -0.205. The quantitative estimate of drug-likeness (QED) is 0.729. The van der Waals surface area contributed by atoms with E-state index in [1.165, 1.54) is 24.8 Å². The lowest BCUT2D eigenvalue weighted by atomic mass is 9.68. The monoisotopic (exact) mass is 409 g/mol. The Kier molecular flexibility index (Phi) is 6.84. The van der Waals surface area contributed by atoms with E-state index in [-0.39, 0.29) is 24.1 Å². The predicted molar refractivity (Wildman–Crippen MR) is 115 cm³/mol. The van der Waals surface area contributed by atoms with E-state index in [1.54, 1.807) is 7.11 Å². The topological polar surface area (TPSA) is 39.7 Å². The molecule has 2 fully saturated rings. The Balaban J connectivity index is 0.00000225. The summed E-state index contributed by atoms with van der Waals surface area (Å²) in [6.07, 6.45) is 6.27. The molecule has 28 heavy (non-hydrogen) atoms. The molecule has 4 rings (SSSR count). The van der Waals surface area contributed by atoms with Gasteiger partial charge in [-0.3, -0.25) is 0 Å². The molecule has 0 aromatic heterocycles. The Morgan fingerprint density at radius 2 is 2.14 bits per heavy atom. The van der Waals surface area contributed by atoms with Crippen LogP contribution in [0, 0.1) is 17.8 Å². The van der Waals surface area contributed by atoms with E-state index >= 15 is 0 Å². The van der Waals surface area contributed by atoms with Crippen LogP contribution >= 0.6 is 12.4 Å². The molecule has 158 valence electrons. The molecule has 0 radical (unpaired) electrons. The fourth-order valence-corrected chi connectivity index (χ4v) is 5.34. The Morgan fingerprint density at radius 1 is 1.32 bits per heavy atom. The van der Waals surface area contributed by atoms with Crippen molar-refractivity contribution in [2.24, 2.45) is 17.8 Å². The lowest BCUT2D eigenvalue weighted by Crippen LogP contribution is -2.55. The van der Waals surface area contributed by atoms with Gasteiger partial charge in [-0.05, 0) is 57.1 Å². The van der Waals surface area contributed by atoms with E-state index in [2.05, 4.69) is 38.2 Å². The Hall–Kier alpha value is -0.970. The molecule has 1 aromatic carbocycles. The van der Waals surface area contributed by atoms with Crippen LogP contribution in [0.3, 0.4) is 0 Å². The van der Waals surface area contributed by atoms with Gasteiger partial charge in [0.05, 0.1) is 19.3 Å². The maximum atomic E-state index is 6.77. The van der Waals surface area contributed by atoms with E-state index in [9.17, 15) is 0 Å². The zero-order chi connectivity index (χ0) is 19.0. The number of hydrogen-bond donors (Lipinski definition) is 1. The molecule has 4 nitrogen and oxygen atoms in total. The molecule has 5 atom stereocenters. The molecule has 0 saturated carbocycles. The lowest BCUT2D eigenvalue weighted by Gasteiger charge is -2.53. The van der Waals surface area contributed by atoms with E-state index in [0.29, 0.717) is 17.9 Å². The van der Waals surface area contributed by atoms with Crippen molar-refractivity contribution in [3.05, 3.63) is 23.8 Å². The number of rotatable bonds is 5. The summed E-state index contributed by atoms with van der Waals surface area (Å²) in [5, 5.41) is 3.56. The van der Waals surface area contributed by atoms with Gasteiger partial charge in [-0.1, -0.05) is 32.4 Å². The number of hydrogen-bond acceptors (Lipinski definition) is 4. The Labute approximate surface area is 176 Å². The number of para-hydroxylation sites is 1. The fourth-order valence-electron chi connectivity index (χ4n) is 5.34. The van der Waals surface area contributed by atoms with Crippen molar-refractivity contribution in [2.75, 3.05) is 20.2 Å². The summed E-state index contributed by atoms with van der Waals surface area (Å²) in [6, 6.07) is 6.24. The van der Waals surface area contributed by atoms with E-state index in [4.69, 9.17) is 14.2 Å². The average molecular weight is 410 g/mol. The first-order valence-corrected chi connectivity index (χ1v) is 10.7. The van der Waals surface area contributed by atoms with Gasteiger partial charge >= 0.3 is 0 Å². The third-order valence-electron chi connectivity index (χ3n) is 6.89. The van der Waals surface area contributed by atoms with Gasteiger partial charge in [-0.25, -0.2) is 0 Å². The normalized spacial score (nSPS) is 33.8. The summed E-state index contributed by atoms with van der Waals surface area (Å²) < 4.78 is 19.2. The second kappa shape index (κ2) is 8.81. The smallest absolute Gasteiger partial charge is 0.167 e. The third-order valence-corrected chi connectivity index (χ3v) is 6.89. The number of halogens is 1. The molecule has 1 N–H and O–H groups in total. The third kappa shape index (κ3) is 4.01. The zero-order valence-corrected chi connectivity index (χ0v) is 18.5. The summed E-state index contributed by atoms with van der Waals surface area (Å²) in [4.78, 5) is 0. The van der Waals surface area contributed by atoms with Crippen molar-refractivity contribution in [3.8, 4) is 11.5 Å². The van der Waals surface area contributed by atoms with Crippen LogP contribution < -0.4 is 14.8 Å². The minimum Gasteiger partial charge on any atom is -0.493 e. The number of piperidine rings is 1. The van der Waals surface area contributed by atoms with Crippen LogP contribution in [0.4, 0.5) is 0 Å². The van der Waals surface area contributed by atoms with Gasteiger partial charge in [0.25, 0.3) is 0 Å². The van der Waals surface area contributed by atoms with Gasteiger partial charge in [-0.15, -0.1) is 12.4 Å². The molecular formula is C23H36ClNO3. The SMILES string of the molecule is COc1cccc2c1O[C@](C)(CCCC(C)C)[C@@H]1C[C@@H]3CNCC[C@H]3O[C@@H]21.Cl. The van der Waals surface area contributed by atoms with E-state index in [1.807, 2.05) is 6.07 Å². The first-order valence-electron chi connectivity index (χ1n) is 10.7. The number of benzene rings is 1. The fraction of sp³-hybridized carbons (Fsp3) is 0.739. The van der Waals surface area contributed by atoms with Gasteiger partial charge in [0.15, 0.2) is 11.5 Å². The summed E-state index contributed by atoms with van der Waals surface area (Å²) in [7, 11) is 1.73. The highest BCUT2D eigenvalue weighted by molar-refractivity contribution is 5.85. The minimum absolute atomic E-state index is 0. The van der Waals surface area contributed by atoms with Crippen molar-refractivity contribution in [2.45, 2.75) is 70.7 Å². The van der Waals surface area contributed by atoms with Crippen molar-refractivity contribution < 1.29 is 14.2 Å². The van der Waals surface area contributed by atoms with Crippen LogP contribution in [0.5, 0.6) is 11.5 Å². The number of fused-ring (bicyclic) bond motifs is 4. The number of methoxy groups -OCH3 is 1. The highest BCUT2D eigenvalue weighted by Crippen LogP contribution is 2.56. The molecule has 1 aromatic rings. The highest BCUT2D eigenvalue weighted by Gasteiger charge is 2.53. The van der Waals surface area contributed by atoms with Crippen molar-refractivity contribution in [3.63, 3.8) is 0 Å². The molecule has 5 heteroatoms. The molecule has 0 amide bonds. The molecule has 0 bridgehead atoms. The predicted octanol–water partition coefficient (Wildman–Crippen LogP) is 5.15. The molecule has 0 spiro atoms. The van der Waals surface area contributed by atoms with Crippen molar-refractivity contribution >= 4 is 12.4 Å². The maximum Gasteiger partial charge on any atom is 0.167 e. The summed E-state index contributed by atoms with van der Waals surface area (Å²) >= 11 is 0. The van der Waals surface area contributed by atoms with Crippen molar-refractivity contribution in [1.29, 1.82) is 0 Å². The van der Waals surface area contributed by atoms with E-state index in [0.717, 1.165) is 43.3 Å². The maximum absolute atomic E-state index is 6.77. The summed E-state index contributed by atoms with van der Waals surface area (Å²) in [5.74, 6) is 3.45. The Bertz CT molecular complexity index is 667. The van der Waals surface area contributed by atoms with Crippen LogP contribution in [0.2, 0.25) is 0 Å². The van der Waals surface area contributed by atoms with Gasteiger partial charge in [0.2, 0.25) is 0 Å². The standard InChI is InChI=1S/C23H35NO3.ClH/c1-15(2)7-6-11-23(3)18-13-16-14-24-12-10-19(16)26-21(18)17-8-5-9-20(25-4)22(17)27-23;/h5,8-9,15-16,18-19,21,24H,6-7,10-14H2,1-4H3;1H/t16-,18-,19-,21+,23-;/m1./s1. The van der Waals surface area contributed by atoms with Crippen LogP contribution in [0.1, 0.15) is 64.5 Å². The molecule has 3 aliphatic rings. The molecule has 0 aliphatic carbocycles. The first-order chi connectivity index (χ1) is 13.0. The van der Waals surface area contributed by atoms with Gasteiger partial charge < -0.3 is 19.5 Å². The highest BCUT2D eigenvalue weighted by atomic mass is 35.5. The second-order valence-electron chi connectivity index (χ2n) is 9.27. The molecular weight excluding hydrogens is 374 g/mol. The van der Waals surface area contributed by atoms with Gasteiger partial charge in [0.1, 0.15) is 5.60 Å². The van der Waals surface area contributed by atoms with Crippen LogP contribution in [-0.4, -0.2) is 31.9 Å². The Morgan fingerprint density at radius 3 is 2.89 bits per heavy atom. The number of nitrogens with one attached hydrogen (secondary N) is 1. The van der Waals surface area contributed by atoms with E-state index < -0.39 is 0 Å². The summed E-state index contributed by atoms with van der Waals surface area (Å²) in [6.45, 7) is 9.04.